The lowest BCUT2D eigenvalue weighted by atomic mass is 10.2. The maximum Gasteiger partial charge on any atom is 0.254 e. The van der Waals surface area contributed by atoms with Gasteiger partial charge in [-0.25, -0.2) is 9.97 Å². The zero-order valence-corrected chi connectivity index (χ0v) is 16.2. The maximum absolute atomic E-state index is 12.6. The molecule has 1 aromatic carbocycles. The molecule has 1 aliphatic rings. The van der Waals surface area contributed by atoms with Gasteiger partial charge in [0.05, 0.1) is 24.5 Å². The molecule has 144 valence electrons. The Balaban J connectivity index is 1.58. The summed E-state index contributed by atoms with van der Waals surface area (Å²) in [6.07, 6.45) is 1.58. The highest BCUT2D eigenvalue weighted by Crippen LogP contribution is 2.15. The van der Waals surface area contributed by atoms with Gasteiger partial charge < -0.3 is 15.4 Å². The van der Waals surface area contributed by atoms with Gasteiger partial charge in [-0.05, 0) is 32.9 Å². The van der Waals surface area contributed by atoms with E-state index in [0.717, 1.165) is 38.5 Å². The van der Waals surface area contributed by atoms with Crippen LogP contribution in [0.15, 0.2) is 30.5 Å². The van der Waals surface area contributed by atoms with E-state index in [9.17, 15) is 4.79 Å². The van der Waals surface area contributed by atoms with Gasteiger partial charge in [-0.2, -0.15) is 0 Å². The van der Waals surface area contributed by atoms with Crippen LogP contribution >= 0.6 is 0 Å². The summed E-state index contributed by atoms with van der Waals surface area (Å²) in [5.74, 6) is 0.337. The van der Waals surface area contributed by atoms with Crippen molar-refractivity contribution in [2.45, 2.75) is 26.8 Å². The van der Waals surface area contributed by atoms with Crippen LogP contribution in [0, 0.1) is 13.8 Å². The molecule has 2 heterocycles. The number of ether oxygens (including phenoxy) is 1. The minimum atomic E-state index is -0.143. The van der Waals surface area contributed by atoms with Crippen molar-refractivity contribution in [2.24, 2.45) is 0 Å². The Hall–Kier alpha value is -2.51. The summed E-state index contributed by atoms with van der Waals surface area (Å²) in [6.45, 7) is 10.00. The smallest absolute Gasteiger partial charge is 0.254 e. The number of benzene rings is 1. The van der Waals surface area contributed by atoms with Crippen LogP contribution in [0.1, 0.15) is 28.5 Å². The van der Waals surface area contributed by atoms with Crippen molar-refractivity contribution in [2.75, 3.05) is 38.2 Å². The number of nitrogens with one attached hydrogen (secondary N) is 2. The molecule has 1 atom stereocenters. The molecule has 1 amide bonds. The molecule has 3 rings (SSSR count). The van der Waals surface area contributed by atoms with E-state index in [1.807, 2.05) is 45.0 Å². The van der Waals surface area contributed by atoms with E-state index in [1.165, 1.54) is 5.56 Å². The summed E-state index contributed by atoms with van der Waals surface area (Å²) in [4.78, 5) is 23.6. The summed E-state index contributed by atoms with van der Waals surface area (Å²) in [6, 6.07) is 8.03. The molecule has 0 radical (unpaired) electrons. The number of carbonyl (C=O) groups excluding carboxylic acids is 1. The summed E-state index contributed by atoms with van der Waals surface area (Å²) in [5, 5.41) is 6.20. The Morgan fingerprint density at radius 2 is 1.93 bits per heavy atom. The van der Waals surface area contributed by atoms with Crippen LogP contribution in [0.3, 0.4) is 0 Å². The zero-order chi connectivity index (χ0) is 19.2. The predicted octanol–water partition coefficient (Wildman–Crippen LogP) is 2.29. The Morgan fingerprint density at radius 1 is 1.22 bits per heavy atom. The number of hydrogen-bond acceptors (Lipinski definition) is 6. The second-order valence-corrected chi connectivity index (χ2v) is 6.97. The van der Waals surface area contributed by atoms with Crippen LogP contribution in [0.2, 0.25) is 0 Å². The molecule has 27 heavy (non-hydrogen) atoms. The fourth-order valence-electron chi connectivity index (χ4n) is 3.03. The van der Waals surface area contributed by atoms with Crippen LogP contribution in [-0.2, 0) is 4.74 Å². The standard InChI is InChI=1S/C20H27N5O2/c1-14-4-6-17(7-5-14)24-20-21-12-18(16(3)23-20)19(26)22-15(2)13-25-8-10-27-11-9-25/h4-7,12,15H,8-11,13H2,1-3H3,(H,22,26)(H,21,23,24)/t15-/m0/s1. The zero-order valence-electron chi connectivity index (χ0n) is 16.2. The van der Waals surface area contributed by atoms with Gasteiger partial charge in [-0.3, -0.25) is 9.69 Å². The Kier molecular flexibility index (Phi) is 6.36. The largest absolute Gasteiger partial charge is 0.379 e. The first-order chi connectivity index (χ1) is 13.0. The number of anilines is 2. The van der Waals surface area contributed by atoms with Gasteiger partial charge in [-0.15, -0.1) is 0 Å². The fraction of sp³-hybridized carbons (Fsp3) is 0.450. The summed E-state index contributed by atoms with van der Waals surface area (Å²) in [7, 11) is 0. The van der Waals surface area contributed by atoms with Crippen molar-refractivity contribution in [1.82, 2.24) is 20.2 Å². The Bertz CT molecular complexity index is 772. The topological polar surface area (TPSA) is 79.4 Å². The van der Waals surface area contributed by atoms with E-state index < -0.39 is 0 Å². The van der Waals surface area contributed by atoms with Gasteiger partial charge in [-0.1, -0.05) is 17.7 Å². The van der Waals surface area contributed by atoms with Crippen molar-refractivity contribution in [3.05, 3.63) is 47.3 Å². The van der Waals surface area contributed by atoms with Gasteiger partial charge in [0, 0.05) is 37.6 Å². The van der Waals surface area contributed by atoms with Crippen molar-refractivity contribution in [3.63, 3.8) is 0 Å². The minimum absolute atomic E-state index is 0.0420. The molecule has 0 bridgehead atoms. The molecule has 1 saturated heterocycles. The predicted molar refractivity (Wildman–Crippen MR) is 105 cm³/mol. The lowest BCUT2D eigenvalue weighted by molar-refractivity contribution is 0.0342. The first-order valence-corrected chi connectivity index (χ1v) is 9.29. The molecule has 7 nitrogen and oxygen atoms in total. The van der Waals surface area contributed by atoms with E-state index >= 15 is 0 Å². The number of hydrogen-bond donors (Lipinski definition) is 2. The average Bonchev–Trinajstić information content (AvgIpc) is 2.64. The number of amides is 1. The quantitative estimate of drug-likeness (QED) is 0.813. The molecule has 7 heteroatoms. The molecule has 1 aliphatic heterocycles. The first-order valence-electron chi connectivity index (χ1n) is 9.29. The van der Waals surface area contributed by atoms with Crippen LogP contribution in [0.5, 0.6) is 0 Å². The van der Waals surface area contributed by atoms with Gasteiger partial charge >= 0.3 is 0 Å². The van der Waals surface area contributed by atoms with Crippen LogP contribution in [0.25, 0.3) is 0 Å². The third-order valence-electron chi connectivity index (χ3n) is 4.54. The van der Waals surface area contributed by atoms with E-state index in [0.29, 0.717) is 17.2 Å². The summed E-state index contributed by atoms with van der Waals surface area (Å²) >= 11 is 0. The summed E-state index contributed by atoms with van der Waals surface area (Å²) in [5.41, 5.74) is 3.25. The molecule has 0 aliphatic carbocycles. The first kappa shape index (κ1) is 19.3. The molecule has 1 aromatic heterocycles. The maximum atomic E-state index is 12.6. The molecule has 0 saturated carbocycles. The number of morpholine rings is 1. The highest BCUT2D eigenvalue weighted by molar-refractivity contribution is 5.95. The van der Waals surface area contributed by atoms with Crippen molar-refractivity contribution < 1.29 is 9.53 Å². The van der Waals surface area contributed by atoms with E-state index in [1.54, 1.807) is 6.20 Å². The molecule has 2 aromatic rings. The molecule has 2 N–H and O–H groups in total. The van der Waals surface area contributed by atoms with Gasteiger partial charge in [0.25, 0.3) is 5.91 Å². The SMILES string of the molecule is Cc1ccc(Nc2ncc(C(=O)N[C@@H](C)CN3CCOCC3)c(C)n2)cc1. The normalized spacial score (nSPS) is 16.0. The lowest BCUT2D eigenvalue weighted by Crippen LogP contribution is -2.46. The highest BCUT2D eigenvalue weighted by atomic mass is 16.5. The van der Waals surface area contributed by atoms with E-state index in [2.05, 4.69) is 25.5 Å². The number of nitrogens with zero attached hydrogens (tertiary/aromatic N) is 3. The Labute approximate surface area is 160 Å². The number of rotatable bonds is 6. The molecule has 1 fully saturated rings. The second kappa shape index (κ2) is 8.92. The van der Waals surface area contributed by atoms with E-state index in [-0.39, 0.29) is 11.9 Å². The molecule has 0 spiro atoms. The van der Waals surface area contributed by atoms with Crippen LogP contribution < -0.4 is 10.6 Å². The van der Waals surface area contributed by atoms with Crippen LogP contribution in [-0.4, -0.2) is 59.7 Å². The van der Waals surface area contributed by atoms with Gasteiger partial charge in [0.15, 0.2) is 0 Å². The van der Waals surface area contributed by atoms with Crippen molar-refractivity contribution in [3.8, 4) is 0 Å². The number of aryl methyl sites for hydroxylation is 2. The van der Waals surface area contributed by atoms with E-state index in [4.69, 9.17) is 4.74 Å². The lowest BCUT2D eigenvalue weighted by Gasteiger charge is -2.29. The Morgan fingerprint density at radius 3 is 2.59 bits per heavy atom. The molecular formula is C20H27N5O2. The van der Waals surface area contributed by atoms with Crippen molar-refractivity contribution >= 4 is 17.5 Å². The third kappa shape index (κ3) is 5.48. The third-order valence-corrected chi connectivity index (χ3v) is 4.54. The fourth-order valence-corrected chi connectivity index (χ4v) is 3.03. The van der Waals surface area contributed by atoms with Crippen molar-refractivity contribution in [1.29, 1.82) is 0 Å². The molecule has 0 unspecified atom stereocenters. The number of carbonyl (C=O) groups is 1. The second-order valence-electron chi connectivity index (χ2n) is 6.97. The van der Waals surface area contributed by atoms with Crippen LogP contribution in [0.4, 0.5) is 11.6 Å². The highest BCUT2D eigenvalue weighted by Gasteiger charge is 2.18. The minimum Gasteiger partial charge on any atom is -0.379 e. The number of aromatic nitrogens is 2. The van der Waals surface area contributed by atoms with Gasteiger partial charge in [0.1, 0.15) is 0 Å². The van der Waals surface area contributed by atoms with Gasteiger partial charge in [0.2, 0.25) is 5.95 Å². The summed E-state index contributed by atoms with van der Waals surface area (Å²) < 4.78 is 5.36. The monoisotopic (exact) mass is 369 g/mol. The average molecular weight is 369 g/mol. The molecular weight excluding hydrogens is 342 g/mol.